The fraction of sp³-hybridized carbons (Fsp3) is 0.375. The molecule has 0 aromatic carbocycles. The Morgan fingerprint density at radius 2 is 2.15 bits per heavy atom. The first-order valence-corrected chi connectivity index (χ1v) is 8.00. The summed E-state index contributed by atoms with van der Waals surface area (Å²) >= 11 is 0. The summed E-state index contributed by atoms with van der Waals surface area (Å²) in [6.07, 6.45) is 0.0267. The molecule has 0 aliphatic carbocycles. The molecule has 0 atom stereocenters. The second kappa shape index (κ2) is 7.46. The molecule has 1 aliphatic rings. The second-order valence-electron chi connectivity index (χ2n) is 5.58. The summed E-state index contributed by atoms with van der Waals surface area (Å²) in [5, 5.41) is 2.57. The Hall–Kier alpha value is -3.04. The number of carbonyl (C=O) groups excluding carboxylic acids is 2. The highest BCUT2D eigenvalue weighted by Gasteiger charge is 2.27. The third kappa shape index (κ3) is 3.63. The van der Waals surface area contributed by atoms with E-state index in [0.717, 1.165) is 6.07 Å². The maximum Gasteiger partial charge on any atom is 0.358 e. The zero-order valence-corrected chi connectivity index (χ0v) is 14.0. The Morgan fingerprint density at radius 1 is 1.35 bits per heavy atom. The Morgan fingerprint density at radius 3 is 2.88 bits per heavy atom. The van der Waals surface area contributed by atoms with Crippen molar-refractivity contribution in [2.24, 2.45) is 0 Å². The van der Waals surface area contributed by atoms with Crippen LogP contribution in [0.25, 0.3) is 0 Å². The number of urea groups is 1. The van der Waals surface area contributed by atoms with Gasteiger partial charge in [0.15, 0.2) is 5.69 Å². The van der Waals surface area contributed by atoms with E-state index in [4.69, 9.17) is 4.74 Å². The summed E-state index contributed by atoms with van der Waals surface area (Å²) in [5.41, 5.74) is 0.565. The van der Waals surface area contributed by atoms with Gasteiger partial charge in [0, 0.05) is 25.0 Å². The van der Waals surface area contributed by atoms with Gasteiger partial charge in [0.25, 0.3) is 6.43 Å². The standard InChI is InChI=1S/C16H17F2N5O3/c1-2-26-15(24)13-12-8-22(5-6-23(12)9-20-13)16(25)21-10-3-4-19-11(7-10)14(17)18/h3-4,7,9,14H,2,5-6,8H2,1H3,(H,19,21,25). The lowest BCUT2D eigenvalue weighted by molar-refractivity contribution is 0.0516. The summed E-state index contributed by atoms with van der Waals surface area (Å²) in [5.74, 6) is -0.542. The van der Waals surface area contributed by atoms with E-state index in [0.29, 0.717) is 18.8 Å². The number of nitrogens with zero attached hydrogens (tertiary/aromatic N) is 4. The van der Waals surface area contributed by atoms with E-state index >= 15 is 0 Å². The molecule has 3 heterocycles. The Balaban J connectivity index is 1.72. The Kier molecular flexibility index (Phi) is 5.10. The molecule has 3 rings (SSSR count). The van der Waals surface area contributed by atoms with E-state index in [1.54, 1.807) is 11.5 Å². The van der Waals surface area contributed by atoms with E-state index in [1.165, 1.54) is 23.5 Å². The number of pyridine rings is 1. The molecule has 0 fully saturated rings. The maximum absolute atomic E-state index is 12.7. The molecule has 138 valence electrons. The maximum atomic E-state index is 12.7. The van der Waals surface area contributed by atoms with Crippen LogP contribution in [0.15, 0.2) is 24.7 Å². The SMILES string of the molecule is CCOC(=O)c1ncn2c1CN(C(=O)Nc1ccnc(C(F)F)c1)CC2. The van der Waals surface area contributed by atoms with Crippen LogP contribution in [0.4, 0.5) is 19.3 Å². The molecule has 0 unspecified atom stereocenters. The minimum Gasteiger partial charge on any atom is -0.461 e. The quantitative estimate of drug-likeness (QED) is 0.841. The van der Waals surface area contributed by atoms with E-state index < -0.39 is 24.1 Å². The van der Waals surface area contributed by atoms with Crippen LogP contribution >= 0.6 is 0 Å². The van der Waals surface area contributed by atoms with Crippen LogP contribution in [0.1, 0.15) is 35.2 Å². The smallest absolute Gasteiger partial charge is 0.358 e. The van der Waals surface area contributed by atoms with E-state index in [9.17, 15) is 18.4 Å². The number of rotatable bonds is 4. The number of hydrogen-bond acceptors (Lipinski definition) is 5. The number of fused-ring (bicyclic) bond motifs is 1. The van der Waals surface area contributed by atoms with Gasteiger partial charge in [0.1, 0.15) is 5.69 Å². The van der Waals surface area contributed by atoms with Crippen LogP contribution < -0.4 is 5.32 Å². The molecule has 10 heteroatoms. The number of halogens is 2. The van der Waals surface area contributed by atoms with Crippen molar-refractivity contribution in [1.29, 1.82) is 0 Å². The van der Waals surface area contributed by atoms with Gasteiger partial charge in [-0.15, -0.1) is 0 Å². The predicted molar refractivity (Wildman–Crippen MR) is 86.8 cm³/mol. The normalized spacial score (nSPS) is 13.5. The van der Waals surface area contributed by atoms with Crippen molar-refractivity contribution in [2.45, 2.75) is 26.4 Å². The number of nitrogens with one attached hydrogen (secondary N) is 1. The highest BCUT2D eigenvalue weighted by atomic mass is 19.3. The molecule has 0 radical (unpaired) electrons. The largest absolute Gasteiger partial charge is 0.461 e. The summed E-state index contributed by atoms with van der Waals surface area (Å²) in [6, 6.07) is 2.10. The number of ether oxygens (including phenoxy) is 1. The lowest BCUT2D eigenvalue weighted by Crippen LogP contribution is -2.41. The summed E-state index contributed by atoms with van der Waals surface area (Å²) in [4.78, 5) is 33.5. The van der Waals surface area contributed by atoms with Crippen LogP contribution in [0.3, 0.4) is 0 Å². The van der Waals surface area contributed by atoms with Crippen molar-refractivity contribution >= 4 is 17.7 Å². The number of hydrogen-bond donors (Lipinski definition) is 1. The minimum atomic E-state index is -2.72. The van der Waals surface area contributed by atoms with Gasteiger partial charge in [-0.1, -0.05) is 0 Å². The first-order valence-electron chi connectivity index (χ1n) is 8.00. The van der Waals surface area contributed by atoms with Gasteiger partial charge in [-0.05, 0) is 19.1 Å². The second-order valence-corrected chi connectivity index (χ2v) is 5.58. The molecule has 1 aliphatic heterocycles. The lowest BCUT2D eigenvalue weighted by Gasteiger charge is -2.28. The third-order valence-corrected chi connectivity index (χ3v) is 3.91. The van der Waals surface area contributed by atoms with Crippen molar-refractivity contribution in [2.75, 3.05) is 18.5 Å². The lowest BCUT2D eigenvalue weighted by atomic mass is 10.2. The molecular weight excluding hydrogens is 348 g/mol. The number of alkyl halides is 2. The van der Waals surface area contributed by atoms with Gasteiger partial charge in [-0.25, -0.2) is 23.4 Å². The van der Waals surface area contributed by atoms with Gasteiger partial charge in [0.2, 0.25) is 0 Å². The summed E-state index contributed by atoms with van der Waals surface area (Å²) in [7, 11) is 0. The molecule has 2 aromatic heterocycles. The number of imidazole rings is 1. The van der Waals surface area contributed by atoms with E-state index in [2.05, 4.69) is 15.3 Å². The molecule has 8 nitrogen and oxygen atoms in total. The van der Waals surface area contributed by atoms with E-state index in [-0.39, 0.29) is 24.5 Å². The molecule has 0 spiro atoms. The zero-order chi connectivity index (χ0) is 18.7. The van der Waals surface area contributed by atoms with Gasteiger partial charge in [-0.2, -0.15) is 0 Å². The molecule has 1 N–H and O–H groups in total. The molecule has 0 saturated heterocycles. The van der Waals surface area contributed by atoms with Crippen molar-refractivity contribution in [3.05, 3.63) is 41.7 Å². The summed E-state index contributed by atoms with van der Waals surface area (Å²) < 4.78 is 32.2. The first-order chi connectivity index (χ1) is 12.5. The van der Waals surface area contributed by atoms with Crippen molar-refractivity contribution in [3.63, 3.8) is 0 Å². The molecule has 26 heavy (non-hydrogen) atoms. The van der Waals surface area contributed by atoms with Gasteiger partial charge in [0.05, 0.1) is 25.2 Å². The number of carbonyl (C=O) groups is 2. The number of aromatic nitrogens is 3. The van der Waals surface area contributed by atoms with Crippen molar-refractivity contribution < 1.29 is 23.1 Å². The van der Waals surface area contributed by atoms with Gasteiger partial charge < -0.3 is 19.5 Å². The number of anilines is 1. The minimum absolute atomic E-state index is 0.159. The topological polar surface area (TPSA) is 89.4 Å². The van der Waals surface area contributed by atoms with Crippen LogP contribution in [0, 0.1) is 0 Å². The molecule has 0 bridgehead atoms. The van der Waals surface area contributed by atoms with Crippen LogP contribution in [0.5, 0.6) is 0 Å². The van der Waals surface area contributed by atoms with Crippen LogP contribution in [-0.2, 0) is 17.8 Å². The van der Waals surface area contributed by atoms with Gasteiger partial charge in [-0.3, -0.25) is 4.98 Å². The van der Waals surface area contributed by atoms with Gasteiger partial charge >= 0.3 is 12.0 Å². The van der Waals surface area contributed by atoms with Crippen LogP contribution in [-0.4, -0.2) is 44.6 Å². The number of esters is 1. The zero-order valence-electron chi connectivity index (χ0n) is 14.0. The average Bonchev–Trinajstić information content (AvgIpc) is 3.05. The average molecular weight is 365 g/mol. The first kappa shape index (κ1) is 17.8. The van der Waals surface area contributed by atoms with Crippen LogP contribution in [0.2, 0.25) is 0 Å². The Labute approximate surface area is 147 Å². The highest BCUT2D eigenvalue weighted by Crippen LogP contribution is 2.21. The van der Waals surface area contributed by atoms with E-state index in [1.807, 2.05) is 0 Å². The predicted octanol–water partition coefficient (Wildman–Crippen LogP) is 2.44. The molecule has 2 aromatic rings. The van der Waals surface area contributed by atoms with Crippen molar-refractivity contribution in [1.82, 2.24) is 19.4 Å². The highest BCUT2D eigenvalue weighted by molar-refractivity contribution is 5.91. The van der Waals surface area contributed by atoms with Crippen molar-refractivity contribution in [3.8, 4) is 0 Å². The number of amides is 2. The summed E-state index contributed by atoms with van der Waals surface area (Å²) in [6.45, 7) is 2.94. The molecular formula is C16H17F2N5O3. The monoisotopic (exact) mass is 365 g/mol. The molecule has 0 saturated carbocycles. The fourth-order valence-corrected chi connectivity index (χ4v) is 2.65. The fourth-order valence-electron chi connectivity index (χ4n) is 2.65. The molecule has 2 amide bonds. The Bertz CT molecular complexity index is 824. The third-order valence-electron chi connectivity index (χ3n) is 3.91.